The minimum Gasteiger partial charge on any atom is -0.456 e. The van der Waals surface area contributed by atoms with E-state index in [0.29, 0.717) is 5.41 Å². The van der Waals surface area contributed by atoms with Crippen molar-refractivity contribution in [2.24, 2.45) is 39.4 Å². The number of likely N-dealkylation sites (N-methyl/N-ethyl adjacent to an activating group) is 3. The van der Waals surface area contributed by atoms with Crippen molar-refractivity contribution in [2.45, 2.75) is 229 Å². The van der Waals surface area contributed by atoms with Crippen LogP contribution in [0.2, 0.25) is 0 Å². The monoisotopic (exact) mass is 1370 g/mol. The van der Waals surface area contributed by atoms with Crippen LogP contribution in [-0.2, 0) is 48.3 Å². The van der Waals surface area contributed by atoms with E-state index in [9.17, 15) is 46.4 Å². The molecule has 550 valence electrons. The molecule has 0 spiro atoms. The second-order valence-electron chi connectivity index (χ2n) is 31.0. The van der Waals surface area contributed by atoms with Crippen LogP contribution in [0, 0.1) is 63.1 Å². The molecule has 2 amide bonds. The zero-order valence-corrected chi connectivity index (χ0v) is 67.5. The van der Waals surface area contributed by atoms with Gasteiger partial charge in [-0.1, -0.05) is 141 Å². The second kappa shape index (κ2) is 55.7. The van der Waals surface area contributed by atoms with E-state index < -0.39 is 27.8 Å². The highest BCUT2D eigenvalue weighted by atomic mass is 35.5. The zero-order valence-electron chi connectivity index (χ0n) is 65.9. The summed E-state index contributed by atoms with van der Waals surface area (Å²) in [6.07, 6.45) is 18.6. The minimum absolute atomic E-state index is 0.00894. The molecule has 0 aromatic carbocycles. The first-order valence-corrected chi connectivity index (χ1v) is 33.5. The molecular weight excluding hydrogens is 1230 g/mol. The summed E-state index contributed by atoms with van der Waals surface area (Å²) in [5.74, 6) is 2.28. The molecule has 0 aliphatic heterocycles. The van der Waals surface area contributed by atoms with Crippen LogP contribution in [0.25, 0.3) is 0 Å². The molecule has 0 atom stereocenters. The van der Waals surface area contributed by atoms with Crippen molar-refractivity contribution in [1.29, 1.82) is 5.26 Å². The Kier molecular flexibility index (Phi) is 65.2. The molecule has 0 aromatic heterocycles. The molecule has 0 aliphatic carbocycles. The lowest BCUT2D eigenvalue weighted by Gasteiger charge is -2.37. The number of hydrogen-bond acceptors (Lipinski definition) is 14. The number of ether oxygens (including phenoxy) is 1. The molecule has 0 radical (unpaired) electrons. The summed E-state index contributed by atoms with van der Waals surface area (Å²) in [6.45, 7) is 67.5. The predicted molar refractivity (Wildman–Crippen MR) is 400 cm³/mol. The van der Waals surface area contributed by atoms with Gasteiger partial charge in [0.25, 0.3) is 0 Å². The van der Waals surface area contributed by atoms with Gasteiger partial charge in [-0.05, 0) is 157 Å². The van der Waals surface area contributed by atoms with Crippen LogP contribution in [-0.4, -0.2) is 161 Å². The Morgan fingerprint density at radius 1 is 0.574 bits per heavy atom. The number of rotatable bonds is 19. The SMILES string of the molecule is C#CC(C)(C)C.C=CC(=O)NC(C)(C)C.C=CC(C)(C)C.C=CS(=O)(=O)NC(C)(C)C.CC(C)C(=O)CC#N.CC(C)C(=O)CCl.CC(C)C(=O)CF.CN(C)C/C=C/C(=O)C(C)(C)C.CN(C)C/C=C/C(=O)NC(C)(C)C.CN(C)C/C=C/C(=O)OC(C)(C)C(C)(C)C. The van der Waals surface area contributed by atoms with Crippen LogP contribution in [0.3, 0.4) is 0 Å². The number of carbonyl (C=O) groups excluding carboxylic acids is 7. The number of nitriles is 1. The predicted octanol–water partition coefficient (Wildman–Crippen LogP) is 14.8. The maximum Gasteiger partial charge on any atom is 0.331 e. The third kappa shape index (κ3) is 103. The molecule has 0 saturated heterocycles. The number of hydrogen-bond donors (Lipinski definition) is 3. The summed E-state index contributed by atoms with van der Waals surface area (Å²) in [6, 6.07) is 1.80. The van der Waals surface area contributed by atoms with Crippen LogP contribution in [0.4, 0.5) is 4.39 Å². The van der Waals surface area contributed by atoms with Gasteiger partial charge in [0.2, 0.25) is 21.8 Å². The van der Waals surface area contributed by atoms with Crippen molar-refractivity contribution in [3.05, 3.63) is 73.8 Å². The molecule has 0 heterocycles. The largest absolute Gasteiger partial charge is 0.456 e. The van der Waals surface area contributed by atoms with Crippen molar-refractivity contribution < 1.29 is 51.1 Å². The summed E-state index contributed by atoms with van der Waals surface area (Å²) in [7, 11) is 8.53. The third-order valence-corrected chi connectivity index (χ3v) is 12.0. The number of esters is 1. The Labute approximate surface area is 581 Å². The Morgan fingerprint density at radius 2 is 0.904 bits per heavy atom. The topological polar surface area (TPSA) is 232 Å². The number of nitrogens with zero attached hydrogens (tertiary/aromatic N) is 4. The number of nitrogens with one attached hydrogen (secondary N) is 3. The van der Waals surface area contributed by atoms with Gasteiger partial charge in [0, 0.05) is 87.8 Å². The Balaban J connectivity index is -0.000000106. The van der Waals surface area contributed by atoms with Crippen molar-refractivity contribution >= 4 is 62.5 Å². The van der Waals surface area contributed by atoms with Crippen LogP contribution in [0.5, 0.6) is 0 Å². The first-order chi connectivity index (χ1) is 41.6. The van der Waals surface area contributed by atoms with E-state index in [1.54, 1.807) is 72.8 Å². The number of alkyl halides is 2. The van der Waals surface area contributed by atoms with Crippen LogP contribution >= 0.6 is 11.6 Å². The average molecular weight is 1370 g/mol. The maximum absolute atomic E-state index is 11.6. The van der Waals surface area contributed by atoms with Gasteiger partial charge < -0.3 is 30.1 Å². The fourth-order valence-corrected chi connectivity index (χ4v) is 4.93. The zero-order chi connectivity index (χ0) is 77.9. The van der Waals surface area contributed by atoms with Gasteiger partial charge in [0.15, 0.2) is 11.6 Å². The summed E-state index contributed by atoms with van der Waals surface area (Å²) in [5, 5.41) is 14.5. The lowest BCUT2D eigenvalue weighted by Crippen LogP contribution is -2.40. The molecule has 20 heteroatoms. The molecule has 0 aromatic rings. The number of amides is 2. The number of terminal acetylenes is 1. The van der Waals surface area contributed by atoms with E-state index in [1.165, 1.54) is 12.2 Å². The number of allylic oxidation sites excluding steroid dienone is 2. The molecule has 94 heavy (non-hydrogen) atoms. The van der Waals surface area contributed by atoms with Crippen LogP contribution in [0.15, 0.2) is 73.8 Å². The van der Waals surface area contributed by atoms with E-state index in [0.717, 1.165) is 25.0 Å². The highest BCUT2D eigenvalue weighted by Gasteiger charge is 2.36. The normalized spacial score (nSPS) is 11.6. The number of Topliss-reactive ketones (excluding diaryl/α,β-unsaturated/α-hetero) is 3. The Bertz CT molecular complexity index is 2410. The Morgan fingerprint density at radius 3 is 1.07 bits per heavy atom. The average Bonchev–Trinajstić information content (AvgIpc) is 0.897. The summed E-state index contributed by atoms with van der Waals surface area (Å²) in [4.78, 5) is 81.8. The number of halogens is 2. The number of carbonyl (C=O) groups is 7. The summed E-state index contributed by atoms with van der Waals surface area (Å²) < 4.78 is 40.7. The molecule has 0 saturated carbocycles. The molecule has 0 unspecified atom stereocenters. The quantitative estimate of drug-likeness (QED) is 0.0359. The summed E-state index contributed by atoms with van der Waals surface area (Å²) in [5.41, 5.74) is -1.13. The van der Waals surface area contributed by atoms with E-state index in [4.69, 9.17) is 28.0 Å². The van der Waals surface area contributed by atoms with Gasteiger partial charge in [-0.15, -0.1) is 30.5 Å². The van der Waals surface area contributed by atoms with Crippen LogP contribution in [0.1, 0.15) is 207 Å². The first kappa shape index (κ1) is 110. The smallest absolute Gasteiger partial charge is 0.331 e. The van der Waals surface area contributed by atoms with Gasteiger partial charge in [0.05, 0.1) is 18.4 Å². The first-order valence-electron chi connectivity index (χ1n) is 31.4. The number of sulfonamides is 1. The van der Waals surface area contributed by atoms with Gasteiger partial charge in [-0.2, -0.15) is 5.26 Å². The minimum atomic E-state index is -3.26. The third-order valence-electron chi connectivity index (χ3n) is 10.4. The van der Waals surface area contributed by atoms with E-state index in [-0.39, 0.29) is 98.3 Å². The van der Waals surface area contributed by atoms with Crippen molar-refractivity contribution in [3.63, 3.8) is 0 Å². The highest BCUT2D eigenvalue weighted by molar-refractivity contribution is 7.92. The van der Waals surface area contributed by atoms with Crippen molar-refractivity contribution in [1.82, 2.24) is 30.1 Å². The van der Waals surface area contributed by atoms with Gasteiger partial charge in [0.1, 0.15) is 23.8 Å². The van der Waals surface area contributed by atoms with Gasteiger partial charge in [-0.25, -0.2) is 22.3 Å². The molecule has 0 rings (SSSR count). The molecule has 17 nitrogen and oxygen atoms in total. The molecule has 0 bridgehead atoms. The standard InChI is InChI=1S/C13H25NO2.C10H20N2O.C10H19NO.C7H13NO.C6H13NO2S.C6H9NO.C6H12.C6H10.C5H9ClO.C5H9FO/c1-12(2,3)13(4,5)16-11(15)9-8-10-14(6)7;1-10(2,3)11-9(13)7-6-8-12(4)5;1-10(2,3)9(12)7-6-8-11(4)5;1-5-6(9)8-7(2,3)4;1-5-10(8,9)7-6(2,3)4;1-5(2)6(8)3-4-7;2*1-5-6(2,3)4;2*1-4(2)5(7)3-6/h8-9H,10H2,1-7H3;6-7H,8H2,1-5H3,(H,11,13);6-7H,8H2,1-5H3;5H,1H2,2-4H3,(H,8,9);5,7H,1H2,2-4H3;5H,3H2,1-2H3;5H,1H2,2-4H3;1H,2-4H3;2*4H,3H2,1-2H3/b9-8+;2*7-6+;;;;;;;. The van der Waals surface area contributed by atoms with E-state index in [2.05, 4.69) is 82.6 Å². The molecule has 0 aliphatic rings. The number of ketones is 4. The Hall–Kier alpha value is -5.41. The van der Waals surface area contributed by atoms with Gasteiger partial charge in [-0.3, -0.25) is 28.8 Å². The van der Waals surface area contributed by atoms with E-state index >= 15 is 0 Å². The highest BCUT2D eigenvalue weighted by Crippen LogP contribution is 2.33. The van der Waals surface area contributed by atoms with E-state index in [1.807, 2.05) is 186 Å². The van der Waals surface area contributed by atoms with Crippen LogP contribution < -0.4 is 15.4 Å². The van der Waals surface area contributed by atoms with Crippen molar-refractivity contribution in [2.75, 3.05) is 74.5 Å². The second-order valence-corrected chi connectivity index (χ2v) is 32.9. The van der Waals surface area contributed by atoms with Gasteiger partial charge >= 0.3 is 5.97 Å². The lowest BCUT2D eigenvalue weighted by atomic mass is 9.79. The molecular formula is C74H139ClFN7O10S. The van der Waals surface area contributed by atoms with Crippen molar-refractivity contribution in [3.8, 4) is 18.4 Å². The molecule has 0 fully saturated rings. The molecule has 3 N–H and O–H groups in total. The maximum atomic E-state index is 11.6. The summed E-state index contributed by atoms with van der Waals surface area (Å²) >= 11 is 5.20. The fraction of sp³-hybridized carbons (Fsp3) is 0.703. The fourth-order valence-electron chi connectivity index (χ4n) is 3.68. The lowest BCUT2D eigenvalue weighted by molar-refractivity contribution is -0.160.